The molecule has 0 aromatic rings. The fourth-order valence-electron chi connectivity index (χ4n) is 2.65. The predicted molar refractivity (Wildman–Crippen MR) is 92.9 cm³/mol. The van der Waals surface area contributed by atoms with Gasteiger partial charge in [0.2, 0.25) is 0 Å². The van der Waals surface area contributed by atoms with Crippen LogP contribution in [0.15, 0.2) is 0 Å². The maximum Gasteiger partial charge on any atom is 0.303 e. The van der Waals surface area contributed by atoms with E-state index >= 15 is 0 Å². The van der Waals surface area contributed by atoms with Gasteiger partial charge in [-0.15, -0.1) is 0 Å². The Bertz CT molecular complexity index is 207. The molecule has 21 heavy (non-hydrogen) atoms. The van der Waals surface area contributed by atoms with E-state index in [0.29, 0.717) is 6.42 Å². The first kappa shape index (κ1) is 24.4. The molecule has 0 aliphatic carbocycles. The number of aliphatic carboxylic acids is 1. The Morgan fingerprint density at radius 2 is 0.905 bits per heavy atom. The van der Waals surface area contributed by atoms with Crippen molar-refractivity contribution in [2.24, 2.45) is 0 Å². The fourth-order valence-corrected chi connectivity index (χ4v) is 2.65. The summed E-state index contributed by atoms with van der Waals surface area (Å²) in [4.78, 5) is 10.3. The van der Waals surface area contributed by atoms with E-state index in [1.165, 1.54) is 83.5 Å². The van der Waals surface area contributed by atoms with Crippen molar-refractivity contribution >= 4 is 57.4 Å². The monoisotopic (exact) mass is 323 g/mol. The number of carboxylic acid groups (broad SMARTS) is 1. The predicted octanol–water partition coefficient (Wildman–Crippen LogP) is 5.95. The van der Waals surface area contributed by atoms with Crippen LogP contribution in [0.1, 0.15) is 110 Å². The van der Waals surface area contributed by atoms with Crippen molar-refractivity contribution in [1.82, 2.24) is 0 Å². The summed E-state index contributed by atoms with van der Waals surface area (Å²) in [6.07, 6.45) is 20.2. The third kappa shape index (κ3) is 23.5. The van der Waals surface area contributed by atoms with Crippen molar-refractivity contribution in [2.75, 3.05) is 0 Å². The molecule has 0 aromatic heterocycles. The molecule has 0 aliphatic heterocycles. The quantitative estimate of drug-likeness (QED) is 0.281. The van der Waals surface area contributed by atoms with E-state index < -0.39 is 5.97 Å². The molecule has 0 bridgehead atoms. The van der Waals surface area contributed by atoms with Gasteiger partial charge in [0, 0.05) is 57.8 Å². The van der Waals surface area contributed by atoms with Gasteiger partial charge in [-0.2, -0.15) is 0 Å². The molecule has 0 amide bonds. The van der Waals surface area contributed by atoms with E-state index in [1.54, 1.807) is 0 Å². The Hall–Kier alpha value is 1.11. The normalized spacial score (nSPS) is 10.3. The Morgan fingerprint density at radius 1 is 0.619 bits per heavy atom. The molecule has 0 unspecified atom stereocenters. The van der Waals surface area contributed by atoms with Crippen LogP contribution in [-0.4, -0.2) is 62.5 Å². The Labute approximate surface area is 175 Å². The van der Waals surface area contributed by atoms with E-state index in [-0.39, 0.29) is 51.4 Å². The molecule has 0 heterocycles. The van der Waals surface area contributed by atoms with Crippen LogP contribution in [-0.2, 0) is 4.79 Å². The summed E-state index contributed by atoms with van der Waals surface area (Å²) in [6, 6.07) is 0. The molecule has 1 radical (unpaired) electrons. The molecule has 0 atom stereocenters. The minimum absolute atomic E-state index is 0. The topological polar surface area (TPSA) is 37.3 Å². The molecular formula is C18H36KO2. The number of carboxylic acids is 1. The van der Waals surface area contributed by atoms with Gasteiger partial charge in [-0.25, -0.2) is 0 Å². The third-order valence-electron chi connectivity index (χ3n) is 3.99. The van der Waals surface area contributed by atoms with E-state index in [2.05, 4.69) is 6.92 Å². The molecule has 0 aromatic carbocycles. The minimum Gasteiger partial charge on any atom is -0.481 e. The van der Waals surface area contributed by atoms with Gasteiger partial charge in [0.25, 0.3) is 0 Å². The van der Waals surface area contributed by atoms with Crippen molar-refractivity contribution < 1.29 is 9.90 Å². The summed E-state index contributed by atoms with van der Waals surface area (Å²) in [5.41, 5.74) is 0. The summed E-state index contributed by atoms with van der Waals surface area (Å²) in [5, 5.41) is 8.52. The van der Waals surface area contributed by atoms with Crippen molar-refractivity contribution in [3.05, 3.63) is 0 Å². The second-order valence-corrected chi connectivity index (χ2v) is 6.09. The summed E-state index contributed by atoms with van der Waals surface area (Å²) in [5.74, 6) is -0.653. The molecule has 0 saturated carbocycles. The van der Waals surface area contributed by atoms with Crippen LogP contribution in [0.3, 0.4) is 0 Å². The molecule has 0 spiro atoms. The number of unbranched alkanes of at least 4 members (excludes halogenated alkanes) is 14. The molecule has 0 fully saturated rings. The average Bonchev–Trinajstić information content (AvgIpc) is 2.43. The van der Waals surface area contributed by atoms with Crippen molar-refractivity contribution in [3.8, 4) is 0 Å². The third-order valence-corrected chi connectivity index (χ3v) is 3.99. The van der Waals surface area contributed by atoms with Crippen LogP contribution >= 0.6 is 0 Å². The van der Waals surface area contributed by atoms with Gasteiger partial charge in [-0.05, 0) is 6.42 Å². The molecule has 0 rings (SSSR count). The van der Waals surface area contributed by atoms with Gasteiger partial charge in [-0.3, -0.25) is 4.79 Å². The molecule has 0 saturated heterocycles. The van der Waals surface area contributed by atoms with Crippen molar-refractivity contribution in [3.63, 3.8) is 0 Å². The largest absolute Gasteiger partial charge is 0.481 e. The second-order valence-electron chi connectivity index (χ2n) is 6.09. The van der Waals surface area contributed by atoms with E-state index in [1.807, 2.05) is 0 Å². The fraction of sp³-hybridized carbons (Fsp3) is 0.944. The summed E-state index contributed by atoms with van der Waals surface area (Å²) < 4.78 is 0. The molecule has 0 aliphatic rings. The van der Waals surface area contributed by atoms with E-state index in [9.17, 15) is 4.79 Å². The maximum atomic E-state index is 10.3. The molecule has 2 nitrogen and oxygen atoms in total. The van der Waals surface area contributed by atoms with Crippen LogP contribution < -0.4 is 0 Å². The molecule has 1 N–H and O–H groups in total. The van der Waals surface area contributed by atoms with Gasteiger partial charge < -0.3 is 5.11 Å². The number of hydrogen-bond donors (Lipinski definition) is 1. The van der Waals surface area contributed by atoms with E-state index in [4.69, 9.17) is 5.11 Å². The first-order valence-electron chi connectivity index (χ1n) is 8.99. The van der Waals surface area contributed by atoms with Gasteiger partial charge in [0.15, 0.2) is 0 Å². The Kier molecular flexibility index (Phi) is 24.5. The zero-order valence-corrected chi connectivity index (χ0v) is 17.8. The van der Waals surface area contributed by atoms with Gasteiger partial charge in [-0.1, -0.05) is 96.8 Å². The van der Waals surface area contributed by atoms with Crippen LogP contribution in [0.5, 0.6) is 0 Å². The molecule has 3 heteroatoms. The standard InChI is InChI=1S/C18H36O2.K/c1-2-3-4-5-6-7-8-9-10-11-12-13-14-15-16-17-18(19)20;/h2-17H2,1H3,(H,19,20);. The SMILES string of the molecule is CCCCCCCCCCCCCCCCCC(=O)O.[K]. The average molecular weight is 324 g/mol. The van der Waals surface area contributed by atoms with Crippen LogP contribution in [0.4, 0.5) is 0 Å². The maximum absolute atomic E-state index is 10.3. The first-order valence-corrected chi connectivity index (χ1v) is 8.99. The van der Waals surface area contributed by atoms with E-state index in [0.717, 1.165) is 12.8 Å². The number of rotatable bonds is 16. The summed E-state index contributed by atoms with van der Waals surface area (Å²) >= 11 is 0. The number of hydrogen-bond acceptors (Lipinski definition) is 1. The van der Waals surface area contributed by atoms with Gasteiger partial charge >= 0.3 is 5.97 Å². The summed E-state index contributed by atoms with van der Waals surface area (Å²) in [7, 11) is 0. The second kappa shape index (κ2) is 21.1. The molecule has 121 valence electrons. The van der Waals surface area contributed by atoms with Gasteiger partial charge in [0.05, 0.1) is 0 Å². The van der Waals surface area contributed by atoms with Gasteiger partial charge in [0.1, 0.15) is 0 Å². The Balaban J connectivity index is 0. The first-order chi connectivity index (χ1) is 9.77. The number of carbonyl (C=O) groups is 1. The molecular weight excluding hydrogens is 287 g/mol. The smallest absolute Gasteiger partial charge is 0.303 e. The van der Waals surface area contributed by atoms with Crippen LogP contribution in [0.25, 0.3) is 0 Å². The van der Waals surface area contributed by atoms with Crippen molar-refractivity contribution in [1.29, 1.82) is 0 Å². The zero-order chi connectivity index (χ0) is 14.9. The van der Waals surface area contributed by atoms with Crippen LogP contribution in [0, 0.1) is 0 Å². The summed E-state index contributed by atoms with van der Waals surface area (Å²) in [6.45, 7) is 2.27. The van der Waals surface area contributed by atoms with Crippen LogP contribution in [0.2, 0.25) is 0 Å². The Morgan fingerprint density at radius 3 is 1.19 bits per heavy atom. The zero-order valence-electron chi connectivity index (χ0n) is 14.7. The van der Waals surface area contributed by atoms with Crippen molar-refractivity contribution in [2.45, 2.75) is 110 Å². The minimum atomic E-state index is -0.653.